The third kappa shape index (κ3) is 6.01. The molecule has 0 aliphatic rings. The monoisotopic (exact) mass is 146 g/mol. The molecule has 0 radical (unpaired) electrons. The van der Waals surface area contributed by atoms with Crippen LogP contribution in [0, 0.1) is 0 Å². The quantitative estimate of drug-likeness (QED) is 0.557. The summed E-state index contributed by atoms with van der Waals surface area (Å²) in [7, 11) is 3.99. The zero-order valence-corrected chi connectivity index (χ0v) is 6.88. The van der Waals surface area contributed by atoms with Crippen LogP contribution in [0.2, 0.25) is 0 Å². The van der Waals surface area contributed by atoms with Crippen molar-refractivity contribution in [2.45, 2.75) is 18.9 Å². The van der Waals surface area contributed by atoms with Gasteiger partial charge >= 0.3 is 0 Å². The van der Waals surface area contributed by atoms with Crippen LogP contribution in [0.1, 0.15) is 12.8 Å². The molecule has 0 bridgehead atoms. The van der Waals surface area contributed by atoms with Crippen molar-refractivity contribution in [3.05, 3.63) is 0 Å². The SMILES string of the molecule is CN(C)CC[C@@H](O)CCN. The molecule has 3 N–H and O–H groups in total. The van der Waals surface area contributed by atoms with Crippen LogP contribution in [-0.4, -0.2) is 43.3 Å². The summed E-state index contributed by atoms with van der Waals surface area (Å²) in [6.45, 7) is 1.51. The predicted molar refractivity (Wildman–Crippen MR) is 42.8 cm³/mol. The van der Waals surface area contributed by atoms with Crippen molar-refractivity contribution in [1.82, 2.24) is 4.90 Å². The van der Waals surface area contributed by atoms with Crippen LogP contribution >= 0.6 is 0 Å². The highest BCUT2D eigenvalue weighted by Gasteiger charge is 2.01. The maximum absolute atomic E-state index is 9.19. The highest BCUT2D eigenvalue weighted by Crippen LogP contribution is 1.96. The summed E-state index contributed by atoms with van der Waals surface area (Å²) in [6.07, 6.45) is 1.32. The second-order valence-corrected chi connectivity index (χ2v) is 2.82. The Labute approximate surface area is 62.8 Å². The Kier molecular flexibility index (Phi) is 5.58. The van der Waals surface area contributed by atoms with Gasteiger partial charge in [0.1, 0.15) is 0 Å². The van der Waals surface area contributed by atoms with Gasteiger partial charge in [-0.15, -0.1) is 0 Å². The van der Waals surface area contributed by atoms with E-state index in [0.717, 1.165) is 13.0 Å². The third-order valence-corrected chi connectivity index (χ3v) is 1.41. The van der Waals surface area contributed by atoms with E-state index in [1.807, 2.05) is 14.1 Å². The second-order valence-electron chi connectivity index (χ2n) is 2.82. The number of hydrogen-bond donors (Lipinski definition) is 2. The van der Waals surface area contributed by atoms with Crippen molar-refractivity contribution in [2.24, 2.45) is 5.73 Å². The summed E-state index contributed by atoms with van der Waals surface area (Å²) in [6, 6.07) is 0. The van der Waals surface area contributed by atoms with Crippen molar-refractivity contribution >= 4 is 0 Å². The summed E-state index contributed by atoms with van der Waals surface area (Å²) in [4.78, 5) is 2.06. The third-order valence-electron chi connectivity index (χ3n) is 1.41. The van der Waals surface area contributed by atoms with Crippen LogP contribution in [0.15, 0.2) is 0 Å². The van der Waals surface area contributed by atoms with E-state index in [9.17, 15) is 5.11 Å². The first-order valence-corrected chi connectivity index (χ1v) is 3.69. The number of aliphatic hydroxyl groups excluding tert-OH is 1. The Bertz CT molecular complexity index is 76.0. The number of nitrogens with zero attached hydrogens (tertiary/aromatic N) is 1. The lowest BCUT2D eigenvalue weighted by Crippen LogP contribution is -2.21. The van der Waals surface area contributed by atoms with E-state index in [1.54, 1.807) is 0 Å². The lowest BCUT2D eigenvalue weighted by atomic mass is 10.2. The van der Waals surface area contributed by atoms with Gasteiger partial charge < -0.3 is 15.7 Å². The van der Waals surface area contributed by atoms with E-state index < -0.39 is 0 Å². The second kappa shape index (κ2) is 5.65. The van der Waals surface area contributed by atoms with E-state index in [-0.39, 0.29) is 6.10 Å². The largest absolute Gasteiger partial charge is 0.393 e. The zero-order valence-electron chi connectivity index (χ0n) is 6.88. The number of rotatable bonds is 5. The molecule has 0 amide bonds. The topological polar surface area (TPSA) is 49.5 Å². The van der Waals surface area contributed by atoms with Gasteiger partial charge in [-0.25, -0.2) is 0 Å². The molecule has 10 heavy (non-hydrogen) atoms. The lowest BCUT2D eigenvalue weighted by molar-refractivity contribution is 0.145. The Balaban J connectivity index is 3.12. The van der Waals surface area contributed by atoms with Crippen molar-refractivity contribution in [1.29, 1.82) is 0 Å². The van der Waals surface area contributed by atoms with Gasteiger partial charge in [-0.3, -0.25) is 0 Å². The van der Waals surface area contributed by atoms with Gasteiger partial charge in [-0.2, -0.15) is 0 Å². The first-order valence-electron chi connectivity index (χ1n) is 3.69. The van der Waals surface area contributed by atoms with Gasteiger partial charge in [-0.1, -0.05) is 0 Å². The molecule has 62 valence electrons. The molecule has 0 unspecified atom stereocenters. The molecular formula is C7H18N2O. The average molecular weight is 146 g/mol. The van der Waals surface area contributed by atoms with Crippen LogP contribution in [0.4, 0.5) is 0 Å². The van der Waals surface area contributed by atoms with Gasteiger partial charge in [-0.05, 0) is 40.0 Å². The molecule has 0 rings (SSSR count). The maximum Gasteiger partial charge on any atom is 0.0564 e. The minimum atomic E-state index is -0.215. The molecule has 0 saturated carbocycles. The molecule has 0 aromatic rings. The van der Waals surface area contributed by atoms with Crippen molar-refractivity contribution < 1.29 is 5.11 Å². The molecule has 0 fully saturated rings. The van der Waals surface area contributed by atoms with Crippen molar-refractivity contribution in [2.75, 3.05) is 27.2 Å². The summed E-state index contributed by atoms with van der Waals surface area (Å²) in [5.74, 6) is 0. The van der Waals surface area contributed by atoms with Crippen LogP contribution in [0.5, 0.6) is 0 Å². The Morgan fingerprint density at radius 2 is 2.00 bits per heavy atom. The van der Waals surface area contributed by atoms with Gasteiger partial charge in [0.2, 0.25) is 0 Å². The standard InChI is InChI=1S/C7H18N2O/c1-9(2)6-4-7(10)3-5-8/h7,10H,3-6,8H2,1-2H3/t7-/m0/s1. The summed E-state index contributed by atoms with van der Waals surface area (Å²) < 4.78 is 0. The van der Waals surface area contributed by atoms with Crippen molar-refractivity contribution in [3.8, 4) is 0 Å². The molecule has 0 saturated heterocycles. The Morgan fingerprint density at radius 1 is 1.40 bits per heavy atom. The smallest absolute Gasteiger partial charge is 0.0564 e. The first-order chi connectivity index (χ1) is 4.66. The molecule has 3 nitrogen and oxygen atoms in total. The van der Waals surface area contributed by atoms with Crippen LogP contribution in [0.25, 0.3) is 0 Å². The fraction of sp³-hybridized carbons (Fsp3) is 1.00. The zero-order chi connectivity index (χ0) is 7.98. The van der Waals surface area contributed by atoms with E-state index >= 15 is 0 Å². The summed E-state index contributed by atoms with van der Waals surface area (Å²) >= 11 is 0. The minimum Gasteiger partial charge on any atom is -0.393 e. The summed E-state index contributed by atoms with van der Waals surface area (Å²) in [5.41, 5.74) is 5.26. The molecule has 3 heteroatoms. The molecular weight excluding hydrogens is 128 g/mol. The highest BCUT2D eigenvalue weighted by molar-refractivity contribution is 4.57. The lowest BCUT2D eigenvalue weighted by Gasteiger charge is -2.12. The molecule has 0 spiro atoms. The normalized spacial score (nSPS) is 14.1. The van der Waals surface area contributed by atoms with Crippen LogP contribution in [0.3, 0.4) is 0 Å². The van der Waals surface area contributed by atoms with Gasteiger partial charge in [0.25, 0.3) is 0 Å². The van der Waals surface area contributed by atoms with Crippen LogP contribution in [-0.2, 0) is 0 Å². The van der Waals surface area contributed by atoms with Gasteiger partial charge in [0.05, 0.1) is 6.10 Å². The van der Waals surface area contributed by atoms with Gasteiger partial charge in [0, 0.05) is 0 Å². The fourth-order valence-corrected chi connectivity index (χ4v) is 0.744. The van der Waals surface area contributed by atoms with E-state index in [0.29, 0.717) is 13.0 Å². The highest BCUT2D eigenvalue weighted by atomic mass is 16.3. The number of hydrogen-bond acceptors (Lipinski definition) is 3. The van der Waals surface area contributed by atoms with E-state index in [2.05, 4.69) is 4.90 Å². The van der Waals surface area contributed by atoms with Crippen LogP contribution < -0.4 is 5.73 Å². The molecule has 0 aromatic carbocycles. The minimum absolute atomic E-state index is 0.215. The molecule has 0 heterocycles. The number of nitrogens with two attached hydrogens (primary N) is 1. The predicted octanol–water partition coefficient (Wildman–Crippen LogP) is -0.352. The van der Waals surface area contributed by atoms with E-state index in [4.69, 9.17) is 5.73 Å². The fourth-order valence-electron chi connectivity index (χ4n) is 0.744. The first kappa shape index (κ1) is 9.88. The van der Waals surface area contributed by atoms with Crippen molar-refractivity contribution in [3.63, 3.8) is 0 Å². The number of aliphatic hydroxyl groups is 1. The maximum atomic E-state index is 9.19. The molecule has 0 aliphatic heterocycles. The summed E-state index contributed by atoms with van der Waals surface area (Å²) in [5, 5.41) is 9.19. The Morgan fingerprint density at radius 3 is 2.40 bits per heavy atom. The molecule has 0 aromatic heterocycles. The average Bonchev–Trinajstić information content (AvgIpc) is 1.85. The Hall–Kier alpha value is -0.120. The molecule has 1 atom stereocenters. The van der Waals surface area contributed by atoms with E-state index in [1.165, 1.54) is 0 Å². The van der Waals surface area contributed by atoms with Gasteiger partial charge in [0.15, 0.2) is 0 Å². The molecule has 0 aliphatic carbocycles.